The van der Waals surface area contributed by atoms with E-state index in [9.17, 15) is 0 Å². The number of hydrogen-bond donors (Lipinski definition) is 0. The van der Waals surface area contributed by atoms with Crippen molar-refractivity contribution in [1.29, 1.82) is 0 Å². The first-order valence-corrected chi connectivity index (χ1v) is 0.500. The highest BCUT2D eigenvalue weighted by molar-refractivity contribution is 4.08. The van der Waals surface area contributed by atoms with Gasteiger partial charge < -0.3 is 43.8 Å². The summed E-state index contributed by atoms with van der Waals surface area (Å²) in [5.41, 5.74) is 0. The fraction of sp³-hybridized carbons (Fsp3) is 1.00. The molecule has 0 aromatic carbocycles. The highest BCUT2D eigenvalue weighted by Gasteiger charge is 0.711. The molecular formula is C5H38O14. The van der Waals surface area contributed by atoms with E-state index in [1.54, 1.807) is 0 Å². The van der Waals surface area contributed by atoms with Crippen molar-refractivity contribution in [2.75, 3.05) is 0 Å². The molecule has 19 heavy (non-hydrogen) atoms. The van der Waals surface area contributed by atoms with Crippen molar-refractivity contribution in [3.05, 3.63) is 29.8 Å². The van der Waals surface area contributed by atoms with Crippen molar-refractivity contribution in [3.8, 4) is 0 Å². The minimum absolute atomic E-state index is 0. The van der Waals surface area contributed by atoms with Crippen LogP contribution in [0.15, 0.2) is 0 Å². The van der Waals surface area contributed by atoms with Gasteiger partial charge in [0.2, 0.25) is 0 Å². The van der Waals surface area contributed by atoms with Gasteiger partial charge in [0.15, 0.2) is 0 Å². The van der Waals surface area contributed by atoms with Crippen molar-refractivity contribution in [2.24, 2.45) is 0 Å². The molecule has 0 fully saturated rings. The molecule has 0 spiro atoms. The fourth-order valence-corrected chi connectivity index (χ4v) is 0. The maximum Gasteiger partial charge on any atom is 0 e. The molecule has 0 aliphatic heterocycles. The molecule has 0 rings (SSSR count). The van der Waals surface area contributed by atoms with Gasteiger partial charge in [0.25, 0.3) is 0 Å². The van der Waals surface area contributed by atoms with Gasteiger partial charge in [-0.3, -0.25) is 0 Å². The largest absolute Gasteiger partial charge is 0.412 e. The topological polar surface area (TPSA) is 354 Å². The molecule has 0 heterocycles. The molecule has 16 N–H and O–H groups in total. The van der Waals surface area contributed by atoms with Crippen LogP contribution in [0.2, 0.25) is 0 Å². The summed E-state index contributed by atoms with van der Waals surface area (Å²) >= 11 is 0. The van der Waals surface area contributed by atoms with E-state index >= 15 is 0 Å². The van der Waals surface area contributed by atoms with E-state index in [0.29, 0.717) is 0 Å². The SMILES string of the molecule is C.C.C.C.C.O.O.O.O.O.O.O.O.O=O.O=O.O=O.[HH]. The lowest BCUT2D eigenvalue weighted by molar-refractivity contribution is 0.823. The van der Waals surface area contributed by atoms with Crippen molar-refractivity contribution in [3.63, 3.8) is 0 Å². The van der Waals surface area contributed by atoms with Gasteiger partial charge in [-0.15, -0.1) is 0 Å². The summed E-state index contributed by atoms with van der Waals surface area (Å²) in [5.74, 6) is 0. The zero-order valence-electron chi connectivity index (χ0n) is 6.45. The lowest BCUT2D eigenvalue weighted by Gasteiger charge is -0.707. The minimum Gasteiger partial charge on any atom is -0.412 e. The third kappa shape index (κ3) is 1500. The molecule has 0 amide bonds. The van der Waals surface area contributed by atoms with E-state index in [4.69, 9.17) is 29.8 Å². The molecule has 142 valence electrons. The Hall–Kier alpha value is -1.52. The molecule has 0 saturated heterocycles. The molecule has 0 bridgehead atoms. The Morgan fingerprint density at radius 1 is 0.263 bits per heavy atom. The summed E-state index contributed by atoms with van der Waals surface area (Å²) in [5, 5.41) is 0. The van der Waals surface area contributed by atoms with Crippen molar-refractivity contribution < 1.29 is 45.2 Å². The highest BCUT2D eigenvalue weighted by atomic mass is 16.7. The number of hydrogen-bond acceptors (Lipinski definition) is 6. The third-order valence-electron chi connectivity index (χ3n) is 0. The maximum absolute atomic E-state index is 7.00. The highest BCUT2D eigenvalue weighted by Crippen LogP contribution is 0.745. The van der Waals surface area contributed by atoms with Gasteiger partial charge in [-0.05, 0) is 0 Å². The van der Waals surface area contributed by atoms with E-state index in [1.165, 1.54) is 0 Å². The lowest BCUT2D eigenvalue weighted by Crippen LogP contribution is -0.674. The van der Waals surface area contributed by atoms with Gasteiger partial charge in [0.1, 0.15) is 0 Å². The normalized spacial score (nSPS) is 0.632. The Labute approximate surface area is 113 Å². The molecule has 0 aliphatic carbocycles. The summed E-state index contributed by atoms with van der Waals surface area (Å²) in [4.78, 5) is 42.0. The zero-order chi connectivity index (χ0) is 6.00. The Morgan fingerprint density at radius 3 is 0.263 bits per heavy atom. The first-order chi connectivity index (χ1) is 3.00. The molecule has 0 radical (unpaired) electrons. The van der Waals surface area contributed by atoms with E-state index in [2.05, 4.69) is 0 Å². The van der Waals surface area contributed by atoms with Crippen LogP contribution in [0.4, 0.5) is 0 Å². The Balaban J connectivity index is -0.000000000333. The van der Waals surface area contributed by atoms with Gasteiger partial charge >= 0.3 is 0 Å². The quantitative estimate of drug-likeness (QED) is 0.447. The molecule has 0 aliphatic rings. The smallest absolute Gasteiger partial charge is 0 e. The van der Waals surface area contributed by atoms with Gasteiger partial charge in [0.05, 0.1) is 0 Å². The average molecular weight is 322 g/mol. The maximum atomic E-state index is 7.00. The fourth-order valence-electron chi connectivity index (χ4n) is 0. The predicted octanol–water partition coefficient (Wildman–Crippen LogP) is -2.97. The summed E-state index contributed by atoms with van der Waals surface area (Å²) in [6, 6.07) is 0. The minimum atomic E-state index is 0. The van der Waals surface area contributed by atoms with Crippen LogP contribution in [0.5, 0.6) is 0 Å². The van der Waals surface area contributed by atoms with Crippen LogP contribution in [0.1, 0.15) is 38.6 Å². The summed E-state index contributed by atoms with van der Waals surface area (Å²) in [7, 11) is 0. The summed E-state index contributed by atoms with van der Waals surface area (Å²) in [6.07, 6.45) is 0. The van der Waals surface area contributed by atoms with Gasteiger partial charge in [-0.1, -0.05) is 37.1 Å². The van der Waals surface area contributed by atoms with Crippen LogP contribution in [-0.4, -0.2) is 43.8 Å². The van der Waals surface area contributed by atoms with Crippen LogP contribution in [0, 0.1) is 29.8 Å². The van der Waals surface area contributed by atoms with Crippen LogP contribution in [-0.2, 0) is 0 Å². The van der Waals surface area contributed by atoms with Crippen molar-refractivity contribution in [2.45, 2.75) is 37.1 Å². The summed E-state index contributed by atoms with van der Waals surface area (Å²) < 4.78 is 0. The molecule has 0 saturated carbocycles. The second-order valence-electron chi connectivity index (χ2n) is 0. The Bertz CT molecular complexity index is 26.3. The summed E-state index contributed by atoms with van der Waals surface area (Å²) in [6.45, 7) is 0. The van der Waals surface area contributed by atoms with E-state index < -0.39 is 0 Å². The van der Waals surface area contributed by atoms with E-state index in [-0.39, 0.29) is 82.4 Å². The molecule has 0 aromatic rings. The van der Waals surface area contributed by atoms with E-state index in [0.717, 1.165) is 0 Å². The Kier molecular flexibility index (Phi) is 195000. The standard InChI is InChI=1S/5CH4.3O2.8H2O.H2/c;;;;;3*1-2;;;;;;;;;/h5*1H4;;;;8*1H2;1H. The zero-order valence-corrected chi connectivity index (χ0v) is 6.45. The molecular weight excluding hydrogens is 284 g/mol. The molecule has 0 aromatic heterocycles. The Morgan fingerprint density at radius 2 is 0.263 bits per heavy atom. The molecule has 0 unspecified atom stereocenters. The van der Waals surface area contributed by atoms with Crippen LogP contribution >= 0.6 is 0 Å². The second kappa shape index (κ2) is 1710. The van der Waals surface area contributed by atoms with Gasteiger partial charge in [-0.25, -0.2) is 0 Å². The number of rotatable bonds is 0. The first-order valence-electron chi connectivity index (χ1n) is 0.500. The van der Waals surface area contributed by atoms with E-state index in [1.807, 2.05) is 0 Å². The third-order valence-corrected chi connectivity index (χ3v) is 0. The molecule has 0 atom stereocenters. The lowest BCUT2D eigenvalue weighted by atomic mass is 12.0. The monoisotopic (exact) mass is 322 g/mol. The predicted molar refractivity (Wildman–Crippen MR) is 84.9 cm³/mol. The average Bonchev–Trinajstić information content (AvgIpc) is 1.81. The molecule has 14 heteroatoms. The van der Waals surface area contributed by atoms with Crippen molar-refractivity contribution >= 4 is 0 Å². The van der Waals surface area contributed by atoms with Crippen LogP contribution in [0.3, 0.4) is 0 Å². The second-order valence-corrected chi connectivity index (χ2v) is 0. The van der Waals surface area contributed by atoms with Crippen LogP contribution < -0.4 is 0 Å². The molecule has 14 nitrogen and oxygen atoms in total. The van der Waals surface area contributed by atoms with Crippen LogP contribution in [0.25, 0.3) is 0 Å². The first kappa shape index (κ1) is 2170. The van der Waals surface area contributed by atoms with Gasteiger partial charge in [0, 0.05) is 31.2 Å². The van der Waals surface area contributed by atoms with Crippen molar-refractivity contribution in [1.82, 2.24) is 0 Å². The van der Waals surface area contributed by atoms with Gasteiger partial charge in [-0.2, -0.15) is 0 Å².